The van der Waals surface area contributed by atoms with Crippen LogP contribution in [-0.2, 0) is 17.8 Å². The zero-order chi connectivity index (χ0) is 18.3. The molecule has 2 heterocycles. The predicted molar refractivity (Wildman–Crippen MR) is 101 cm³/mol. The molecule has 2 aromatic heterocycles. The zero-order valence-electron chi connectivity index (χ0n) is 13.3. The molecule has 0 unspecified atom stereocenters. The topological polar surface area (TPSA) is 85.1 Å². The summed E-state index contributed by atoms with van der Waals surface area (Å²) in [5, 5.41) is 15.8. The lowest BCUT2D eigenvalue weighted by molar-refractivity contribution is -0.136. The predicted octanol–water partition coefficient (Wildman–Crippen LogP) is 3.34. The van der Waals surface area contributed by atoms with E-state index in [-0.39, 0.29) is 18.5 Å². The van der Waals surface area contributed by atoms with Crippen molar-refractivity contribution < 1.29 is 9.90 Å². The molecule has 8 heteroatoms. The Balaban J connectivity index is 1.83. The Bertz CT molecular complexity index is 1220. The van der Waals surface area contributed by atoms with E-state index >= 15 is 0 Å². The molecule has 1 N–H and O–H groups in total. The SMILES string of the molecule is O=C(O)Cc1nn(Cc2nc3ccc(Cl)cc3s2)c(=O)c2ccccc12. The highest BCUT2D eigenvalue weighted by Crippen LogP contribution is 2.25. The summed E-state index contributed by atoms with van der Waals surface area (Å²) in [6.45, 7) is 0.174. The van der Waals surface area contributed by atoms with Crippen LogP contribution in [0.4, 0.5) is 0 Å². The van der Waals surface area contributed by atoms with E-state index in [1.807, 2.05) is 12.1 Å². The molecule has 4 aromatic rings. The molecule has 0 fully saturated rings. The van der Waals surface area contributed by atoms with Gasteiger partial charge in [0.25, 0.3) is 5.56 Å². The number of carboxylic acids is 1. The second-order valence-electron chi connectivity index (χ2n) is 5.75. The summed E-state index contributed by atoms with van der Waals surface area (Å²) < 4.78 is 2.20. The van der Waals surface area contributed by atoms with Crippen molar-refractivity contribution in [3.63, 3.8) is 0 Å². The highest BCUT2D eigenvalue weighted by molar-refractivity contribution is 7.18. The Morgan fingerprint density at radius 3 is 2.73 bits per heavy atom. The molecule has 6 nitrogen and oxygen atoms in total. The summed E-state index contributed by atoms with van der Waals surface area (Å²) in [5.41, 5.74) is 0.887. The molecule has 0 aliphatic heterocycles. The second-order valence-corrected chi connectivity index (χ2v) is 7.30. The molecule has 0 amide bonds. The largest absolute Gasteiger partial charge is 0.481 e. The number of carbonyl (C=O) groups is 1. The van der Waals surface area contributed by atoms with Gasteiger partial charge in [-0.3, -0.25) is 9.59 Å². The number of aliphatic carboxylic acids is 1. The van der Waals surface area contributed by atoms with E-state index in [1.54, 1.807) is 30.3 Å². The molecule has 0 radical (unpaired) electrons. The molecule has 26 heavy (non-hydrogen) atoms. The summed E-state index contributed by atoms with van der Waals surface area (Å²) in [4.78, 5) is 28.4. The van der Waals surface area contributed by atoms with Crippen LogP contribution in [0.15, 0.2) is 47.3 Å². The standard InChI is InChI=1S/C18H12ClN3O3S/c19-10-5-6-13-15(7-10)26-16(20-13)9-22-18(25)12-4-2-1-3-11(12)14(21-22)8-17(23)24/h1-7H,8-9H2,(H,23,24). The number of aromatic nitrogens is 3. The van der Waals surface area contributed by atoms with E-state index in [2.05, 4.69) is 10.1 Å². The minimum atomic E-state index is -0.998. The van der Waals surface area contributed by atoms with E-state index in [4.69, 9.17) is 16.7 Å². The zero-order valence-corrected chi connectivity index (χ0v) is 14.9. The Kier molecular flexibility index (Phi) is 4.18. The molecule has 0 saturated heterocycles. The first-order valence-corrected chi connectivity index (χ1v) is 8.96. The first-order chi connectivity index (χ1) is 12.5. The number of fused-ring (bicyclic) bond motifs is 2. The summed E-state index contributed by atoms with van der Waals surface area (Å²) >= 11 is 7.43. The van der Waals surface area contributed by atoms with Gasteiger partial charge in [0, 0.05) is 10.4 Å². The molecule has 0 atom stereocenters. The lowest BCUT2D eigenvalue weighted by Gasteiger charge is -2.08. The molecule has 0 aliphatic rings. The number of carboxylic acid groups (broad SMARTS) is 1. The van der Waals surface area contributed by atoms with Crippen LogP contribution >= 0.6 is 22.9 Å². The maximum Gasteiger partial charge on any atom is 0.309 e. The monoisotopic (exact) mass is 385 g/mol. The molecule has 0 spiro atoms. The summed E-state index contributed by atoms with van der Waals surface area (Å²) in [5.74, 6) is -0.998. The summed E-state index contributed by atoms with van der Waals surface area (Å²) in [6.07, 6.45) is -0.254. The Morgan fingerprint density at radius 1 is 1.19 bits per heavy atom. The first kappa shape index (κ1) is 16.7. The smallest absolute Gasteiger partial charge is 0.309 e. The number of rotatable bonds is 4. The van der Waals surface area contributed by atoms with E-state index in [1.165, 1.54) is 16.0 Å². The fraction of sp³-hybridized carbons (Fsp3) is 0.111. The third kappa shape index (κ3) is 3.07. The van der Waals surface area contributed by atoms with E-state index in [9.17, 15) is 9.59 Å². The fourth-order valence-corrected chi connectivity index (χ4v) is 4.05. The van der Waals surface area contributed by atoms with Crippen LogP contribution in [0.25, 0.3) is 21.0 Å². The van der Waals surface area contributed by atoms with Crippen LogP contribution in [0.1, 0.15) is 10.7 Å². The van der Waals surface area contributed by atoms with Gasteiger partial charge in [-0.1, -0.05) is 29.8 Å². The van der Waals surface area contributed by atoms with Gasteiger partial charge in [0.05, 0.1) is 34.3 Å². The van der Waals surface area contributed by atoms with Gasteiger partial charge >= 0.3 is 5.97 Å². The number of halogens is 1. The van der Waals surface area contributed by atoms with Gasteiger partial charge in [-0.2, -0.15) is 5.10 Å². The molecule has 0 aliphatic carbocycles. The van der Waals surface area contributed by atoms with E-state index in [0.29, 0.717) is 26.5 Å². The van der Waals surface area contributed by atoms with Crippen LogP contribution in [0, 0.1) is 0 Å². The van der Waals surface area contributed by atoms with E-state index < -0.39 is 5.97 Å². The van der Waals surface area contributed by atoms with Crippen LogP contribution in [0.2, 0.25) is 5.02 Å². The maximum atomic E-state index is 12.7. The first-order valence-electron chi connectivity index (χ1n) is 7.77. The Labute approximate surface area is 156 Å². The van der Waals surface area contributed by atoms with Gasteiger partial charge in [-0.15, -0.1) is 11.3 Å². The molecular weight excluding hydrogens is 374 g/mol. The molecular formula is C18H12ClN3O3S. The number of thiazole rings is 1. The molecule has 2 aromatic carbocycles. The van der Waals surface area contributed by atoms with Crippen LogP contribution in [0.5, 0.6) is 0 Å². The average Bonchev–Trinajstić information content (AvgIpc) is 3.00. The number of hydrogen-bond donors (Lipinski definition) is 1. The second kappa shape index (κ2) is 6.51. The summed E-state index contributed by atoms with van der Waals surface area (Å²) in [6, 6.07) is 12.3. The van der Waals surface area contributed by atoms with Gasteiger partial charge < -0.3 is 5.11 Å². The number of hydrogen-bond acceptors (Lipinski definition) is 5. The number of nitrogens with zero attached hydrogens (tertiary/aromatic N) is 3. The van der Waals surface area contributed by atoms with Crippen LogP contribution in [-0.4, -0.2) is 25.8 Å². The highest BCUT2D eigenvalue weighted by Gasteiger charge is 2.14. The average molecular weight is 386 g/mol. The third-order valence-electron chi connectivity index (χ3n) is 3.94. The van der Waals surface area contributed by atoms with Gasteiger partial charge in [0.1, 0.15) is 5.01 Å². The number of benzene rings is 2. The van der Waals surface area contributed by atoms with Gasteiger partial charge in [-0.25, -0.2) is 9.67 Å². The van der Waals surface area contributed by atoms with Gasteiger partial charge in [0.2, 0.25) is 0 Å². The van der Waals surface area contributed by atoms with Crippen molar-refractivity contribution in [3.05, 3.63) is 68.5 Å². The summed E-state index contributed by atoms with van der Waals surface area (Å²) in [7, 11) is 0. The Morgan fingerprint density at radius 2 is 1.96 bits per heavy atom. The van der Waals surface area contributed by atoms with Crippen molar-refractivity contribution in [1.29, 1.82) is 0 Å². The van der Waals surface area contributed by atoms with Crippen LogP contribution in [0.3, 0.4) is 0 Å². The molecule has 130 valence electrons. The van der Waals surface area contributed by atoms with Crippen molar-refractivity contribution in [2.24, 2.45) is 0 Å². The lowest BCUT2D eigenvalue weighted by atomic mass is 10.1. The fourth-order valence-electron chi connectivity index (χ4n) is 2.83. The quantitative estimate of drug-likeness (QED) is 0.582. The van der Waals surface area contributed by atoms with Crippen molar-refractivity contribution in [3.8, 4) is 0 Å². The lowest BCUT2D eigenvalue weighted by Crippen LogP contribution is -2.26. The van der Waals surface area contributed by atoms with Crippen LogP contribution < -0.4 is 5.56 Å². The minimum absolute atomic E-state index is 0.174. The maximum absolute atomic E-state index is 12.7. The molecule has 4 rings (SSSR count). The van der Waals surface area contributed by atoms with Gasteiger partial charge in [0.15, 0.2) is 0 Å². The van der Waals surface area contributed by atoms with Crippen molar-refractivity contribution >= 4 is 49.9 Å². The highest BCUT2D eigenvalue weighted by atomic mass is 35.5. The molecule has 0 saturated carbocycles. The molecule has 0 bridgehead atoms. The van der Waals surface area contributed by atoms with Crippen molar-refractivity contribution in [2.75, 3.05) is 0 Å². The van der Waals surface area contributed by atoms with E-state index in [0.717, 1.165) is 10.2 Å². The minimum Gasteiger partial charge on any atom is -0.481 e. The van der Waals surface area contributed by atoms with Crippen molar-refractivity contribution in [1.82, 2.24) is 14.8 Å². The van der Waals surface area contributed by atoms with Crippen molar-refractivity contribution in [2.45, 2.75) is 13.0 Å². The normalized spacial score (nSPS) is 11.3. The third-order valence-corrected chi connectivity index (χ3v) is 5.18. The Hall–Kier alpha value is -2.77. The van der Waals surface area contributed by atoms with Gasteiger partial charge in [-0.05, 0) is 24.3 Å².